The average Bonchev–Trinajstić information content (AvgIpc) is 2.92. The number of nitrogens with zero attached hydrogens (tertiary/aromatic N) is 3. The van der Waals surface area contributed by atoms with Crippen LogP contribution in [-0.4, -0.2) is 58.5 Å². The maximum atomic E-state index is 12.4. The minimum absolute atomic E-state index is 0.0620. The molecule has 0 aromatic carbocycles. The van der Waals surface area contributed by atoms with Crippen LogP contribution in [0.2, 0.25) is 0 Å². The smallest absolute Gasteiger partial charge is 0.264 e. The van der Waals surface area contributed by atoms with Gasteiger partial charge in [0.15, 0.2) is 5.84 Å². The van der Waals surface area contributed by atoms with E-state index in [2.05, 4.69) is 26.0 Å². The molecule has 1 aliphatic rings. The van der Waals surface area contributed by atoms with Crippen molar-refractivity contribution in [3.8, 4) is 0 Å². The molecule has 0 unspecified atom stereocenters. The fraction of sp³-hybridized carbons (Fsp3) is 0.538. The van der Waals surface area contributed by atoms with Crippen LogP contribution in [-0.2, 0) is 0 Å². The molecule has 0 saturated carbocycles. The second kappa shape index (κ2) is 6.33. The third kappa shape index (κ3) is 3.38. The number of halogens is 1. The van der Waals surface area contributed by atoms with Crippen molar-refractivity contribution in [3.05, 3.63) is 20.8 Å². The molecular weight excluding hydrogens is 356 g/mol. The summed E-state index contributed by atoms with van der Waals surface area (Å²) in [5.41, 5.74) is 5.23. The van der Waals surface area contributed by atoms with Crippen LogP contribution in [0.3, 0.4) is 0 Å². The SMILES string of the molecule is CC(C)(C(N)=NO)N1CCN(C(=O)c2ccc(Br)s2)CC1. The summed E-state index contributed by atoms with van der Waals surface area (Å²) < 4.78 is 0.956. The monoisotopic (exact) mass is 374 g/mol. The second-order valence-corrected chi connectivity index (χ2v) is 7.89. The fourth-order valence-corrected chi connectivity index (χ4v) is 3.69. The normalized spacial score (nSPS) is 18.0. The number of hydrogen-bond donors (Lipinski definition) is 2. The largest absolute Gasteiger partial charge is 0.409 e. The zero-order valence-electron chi connectivity index (χ0n) is 12.0. The van der Waals surface area contributed by atoms with Gasteiger partial charge in [0.1, 0.15) is 0 Å². The van der Waals surface area contributed by atoms with Crippen LogP contribution in [0, 0.1) is 0 Å². The predicted molar refractivity (Wildman–Crippen MR) is 87.0 cm³/mol. The Morgan fingerprint density at radius 3 is 2.48 bits per heavy atom. The number of oxime groups is 1. The summed E-state index contributed by atoms with van der Waals surface area (Å²) in [6, 6.07) is 3.72. The molecule has 0 aliphatic carbocycles. The van der Waals surface area contributed by atoms with Gasteiger partial charge in [-0.1, -0.05) is 5.16 Å². The number of piperazine rings is 1. The summed E-state index contributed by atoms with van der Waals surface area (Å²) in [4.78, 5) is 17.1. The summed E-state index contributed by atoms with van der Waals surface area (Å²) in [5.74, 6) is 0.247. The Hall–Kier alpha value is -1.12. The van der Waals surface area contributed by atoms with E-state index in [1.54, 1.807) is 0 Å². The minimum atomic E-state index is -0.518. The highest BCUT2D eigenvalue weighted by molar-refractivity contribution is 9.11. The molecule has 2 rings (SSSR count). The first-order valence-corrected chi connectivity index (χ1v) is 8.25. The van der Waals surface area contributed by atoms with Crippen LogP contribution in [0.15, 0.2) is 21.1 Å². The highest BCUT2D eigenvalue weighted by Crippen LogP contribution is 2.24. The molecule has 0 atom stereocenters. The molecule has 116 valence electrons. The lowest BCUT2D eigenvalue weighted by atomic mass is 10.0. The van der Waals surface area contributed by atoms with E-state index in [4.69, 9.17) is 10.9 Å². The van der Waals surface area contributed by atoms with Crippen LogP contribution in [0.1, 0.15) is 23.5 Å². The number of amidine groups is 1. The van der Waals surface area contributed by atoms with Gasteiger partial charge in [-0.2, -0.15) is 0 Å². The molecule has 3 N–H and O–H groups in total. The van der Waals surface area contributed by atoms with E-state index in [-0.39, 0.29) is 11.7 Å². The van der Waals surface area contributed by atoms with Gasteiger partial charge in [-0.3, -0.25) is 9.69 Å². The topological polar surface area (TPSA) is 82.2 Å². The van der Waals surface area contributed by atoms with E-state index in [0.717, 1.165) is 8.66 Å². The Morgan fingerprint density at radius 2 is 2.00 bits per heavy atom. The van der Waals surface area contributed by atoms with E-state index in [1.165, 1.54) is 11.3 Å². The standard InChI is InChI=1S/C13H19BrN4O2S/c1-13(2,12(15)16-20)18-7-5-17(6-8-18)11(19)9-3-4-10(14)21-9/h3-4,20H,5-8H2,1-2H3,(H2,15,16). The Morgan fingerprint density at radius 1 is 1.38 bits per heavy atom. The maximum Gasteiger partial charge on any atom is 0.264 e. The van der Waals surface area contributed by atoms with E-state index < -0.39 is 5.54 Å². The molecule has 0 bridgehead atoms. The van der Waals surface area contributed by atoms with E-state index in [1.807, 2.05) is 30.9 Å². The Labute approximate surface area is 136 Å². The van der Waals surface area contributed by atoms with Crippen LogP contribution < -0.4 is 5.73 Å². The number of thiophene rings is 1. The van der Waals surface area contributed by atoms with Gasteiger partial charge in [-0.15, -0.1) is 11.3 Å². The van der Waals surface area contributed by atoms with Crippen LogP contribution >= 0.6 is 27.3 Å². The van der Waals surface area contributed by atoms with E-state index in [0.29, 0.717) is 26.2 Å². The van der Waals surface area contributed by atoms with Gasteiger partial charge in [0.2, 0.25) is 0 Å². The van der Waals surface area contributed by atoms with Crippen molar-refractivity contribution >= 4 is 39.0 Å². The zero-order chi connectivity index (χ0) is 15.6. The number of hydrogen-bond acceptors (Lipinski definition) is 5. The lowest BCUT2D eigenvalue weighted by molar-refractivity contribution is 0.0536. The zero-order valence-corrected chi connectivity index (χ0v) is 14.4. The Kier molecular flexibility index (Phi) is 4.90. The van der Waals surface area contributed by atoms with Gasteiger partial charge in [0, 0.05) is 26.2 Å². The summed E-state index contributed by atoms with van der Waals surface area (Å²) in [5, 5.41) is 12.0. The molecular formula is C13H19BrN4O2S. The van der Waals surface area contributed by atoms with Gasteiger partial charge in [-0.25, -0.2) is 0 Å². The van der Waals surface area contributed by atoms with Crippen molar-refractivity contribution < 1.29 is 10.0 Å². The first-order chi connectivity index (χ1) is 9.86. The van der Waals surface area contributed by atoms with Gasteiger partial charge < -0.3 is 15.8 Å². The summed E-state index contributed by atoms with van der Waals surface area (Å²) in [6.07, 6.45) is 0. The molecule has 0 spiro atoms. The van der Waals surface area contributed by atoms with Gasteiger partial charge in [0.05, 0.1) is 14.2 Å². The molecule has 1 aromatic rings. The van der Waals surface area contributed by atoms with Crippen molar-refractivity contribution in [3.63, 3.8) is 0 Å². The van der Waals surface area contributed by atoms with Gasteiger partial charge in [-0.05, 0) is 41.9 Å². The molecule has 21 heavy (non-hydrogen) atoms. The summed E-state index contributed by atoms with van der Waals surface area (Å²) in [6.45, 7) is 6.49. The molecule has 1 saturated heterocycles. The molecule has 2 heterocycles. The van der Waals surface area contributed by atoms with Crippen molar-refractivity contribution in [2.24, 2.45) is 10.9 Å². The minimum Gasteiger partial charge on any atom is -0.409 e. The molecule has 1 fully saturated rings. The lowest BCUT2D eigenvalue weighted by Crippen LogP contribution is -2.60. The predicted octanol–water partition coefficient (Wildman–Crippen LogP) is 1.79. The third-order valence-electron chi connectivity index (χ3n) is 3.88. The number of carbonyl (C=O) groups is 1. The van der Waals surface area contributed by atoms with Crippen LogP contribution in [0.25, 0.3) is 0 Å². The van der Waals surface area contributed by atoms with E-state index >= 15 is 0 Å². The number of rotatable bonds is 3. The maximum absolute atomic E-state index is 12.4. The second-order valence-electron chi connectivity index (χ2n) is 5.43. The summed E-state index contributed by atoms with van der Waals surface area (Å²) in [7, 11) is 0. The Balaban J connectivity index is 1.99. The highest BCUT2D eigenvalue weighted by atomic mass is 79.9. The molecule has 0 radical (unpaired) electrons. The number of amides is 1. The van der Waals surface area contributed by atoms with Crippen LogP contribution in [0.4, 0.5) is 0 Å². The van der Waals surface area contributed by atoms with Crippen molar-refractivity contribution in [2.45, 2.75) is 19.4 Å². The molecule has 6 nitrogen and oxygen atoms in total. The molecule has 1 aromatic heterocycles. The average molecular weight is 375 g/mol. The molecule has 8 heteroatoms. The van der Waals surface area contributed by atoms with Gasteiger partial charge >= 0.3 is 0 Å². The van der Waals surface area contributed by atoms with Crippen LogP contribution in [0.5, 0.6) is 0 Å². The Bertz CT molecular complexity index is 550. The number of nitrogens with two attached hydrogens (primary N) is 1. The van der Waals surface area contributed by atoms with Crippen molar-refractivity contribution in [1.29, 1.82) is 0 Å². The molecule has 1 aliphatic heterocycles. The fourth-order valence-electron chi connectivity index (χ4n) is 2.34. The summed E-state index contributed by atoms with van der Waals surface area (Å²) >= 11 is 4.82. The quantitative estimate of drug-likeness (QED) is 0.365. The van der Waals surface area contributed by atoms with Crippen molar-refractivity contribution in [1.82, 2.24) is 9.80 Å². The number of carbonyl (C=O) groups excluding carboxylic acids is 1. The van der Waals surface area contributed by atoms with Crippen molar-refractivity contribution in [2.75, 3.05) is 26.2 Å². The molecule has 1 amide bonds. The van der Waals surface area contributed by atoms with E-state index in [9.17, 15) is 4.79 Å². The third-order valence-corrected chi connectivity index (χ3v) is 5.49. The first-order valence-electron chi connectivity index (χ1n) is 6.64. The van der Waals surface area contributed by atoms with Gasteiger partial charge in [0.25, 0.3) is 5.91 Å². The first kappa shape index (κ1) is 16.3. The highest BCUT2D eigenvalue weighted by Gasteiger charge is 2.35. The lowest BCUT2D eigenvalue weighted by Gasteiger charge is -2.43.